The van der Waals surface area contributed by atoms with Crippen LogP contribution < -0.4 is 16.8 Å². The molecule has 0 amide bonds. The van der Waals surface area contributed by atoms with E-state index in [-0.39, 0.29) is 5.95 Å². The summed E-state index contributed by atoms with van der Waals surface area (Å²) in [7, 11) is 0. The van der Waals surface area contributed by atoms with Gasteiger partial charge in [0.25, 0.3) is 0 Å². The maximum absolute atomic E-state index is 5.82. The summed E-state index contributed by atoms with van der Waals surface area (Å²) in [5, 5.41) is 12.0. The molecule has 0 aromatic carbocycles. The highest BCUT2D eigenvalue weighted by Crippen LogP contribution is 2.22. The number of nitrogens with two attached hydrogens (primary N) is 2. The van der Waals surface area contributed by atoms with Crippen molar-refractivity contribution in [2.24, 2.45) is 10.7 Å². The van der Waals surface area contributed by atoms with E-state index in [4.69, 9.17) is 11.5 Å². The van der Waals surface area contributed by atoms with Crippen molar-refractivity contribution in [1.82, 2.24) is 20.2 Å². The van der Waals surface area contributed by atoms with E-state index in [1.807, 2.05) is 5.38 Å². The molecule has 114 valence electrons. The van der Waals surface area contributed by atoms with Gasteiger partial charge in [0.2, 0.25) is 5.95 Å². The molecule has 8 nitrogen and oxygen atoms in total. The van der Waals surface area contributed by atoms with Gasteiger partial charge >= 0.3 is 0 Å². The lowest BCUT2D eigenvalue weighted by atomic mass is 10.2. The van der Waals surface area contributed by atoms with Crippen molar-refractivity contribution in [2.75, 3.05) is 17.6 Å². The van der Waals surface area contributed by atoms with Crippen LogP contribution in [-0.4, -0.2) is 32.7 Å². The zero-order valence-electron chi connectivity index (χ0n) is 12.0. The van der Waals surface area contributed by atoms with Crippen molar-refractivity contribution >= 4 is 28.4 Å². The largest absolute Gasteiger partial charge is 0.370 e. The molecule has 0 atom stereocenters. The SMILES string of the molecule is CCCCCCN=C(N)Nc1nc(-c2nc(N)n[nH]2)cs1. The minimum Gasteiger partial charge on any atom is -0.370 e. The predicted octanol–water partition coefficient (Wildman–Crippen LogP) is 1.82. The fraction of sp³-hybridized carbons (Fsp3) is 0.500. The highest BCUT2D eigenvalue weighted by Gasteiger charge is 2.08. The van der Waals surface area contributed by atoms with Gasteiger partial charge in [0.1, 0.15) is 5.69 Å². The monoisotopic (exact) mass is 308 g/mol. The molecule has 9 heteroatoms. The Hall–Kier alpha value is -2.16. The van der Waals surface area contributed by atoms with Gasteiger partial charge in [0, 0.05) is 11.9 Å². The maximum atomic E-state index is 5.82. The third-order valence-electron chi connectivity index (χ3n) is 2.78. The van der Waals surface area contributed by atoms with Gasteiger partial charge < -0.3 is 16.8 Å². The number of hydrogen-bond acceptors (Lipinski definition) is 6. The van der Waals surface area contributed by atoms with Crippen molar-refractivity contribution in [3.63, 3.8) is 0 Å². The first-order valence-electron chi connectivity index (χ1n) is 6.89. The molecule has 2 aromatic rings. The fourth-order valence-electron chi connectivity index (χ4n) is 1.72. The Morgan fingerprint density at radius 1 is 1.38 bits per heavy atom. The second-order valence-electron chi connectivity index (χ2n) is 4.53. The van der Waals surface area contributed by atoms with E-state index in [1.54, 1.807) is 0 Å². The Morgan fingerprint density at radius 2 is 2.24 bits per heavy atom. The lowest BCUT2D eigenvalue weighted by Gasteiger charge is -2.01. The zero-order chi connectivity index (χ0) is 15.1. The number of nitrogens with one attached hydrogen (secondary N) is 2. The van der Waals surface area contributed by atoms with E-state index < -0.39 is 0 Å². The molecule has 0 aliphatic heterocycles. The van der Waals surface area contributed by atoms with Gasteiger partial charge in [-0.15, -0.1) is 16.4 Å². The molecule has 6 N–H and O–H groups in total. The summed E-state index contributed by atoms with van der Waals surface area (Å²) in [6.07, 6.45) is 4.68. The molecule has 21 heavy (non-hydrogen) atoms. The molecule has 0 aliphatic carbocycles. The van der Waals surface area contributed by atoms with E-state index in [0.717, 1.165) is 13.0 Å². The van der Waals surface area contributed by atoms with E-state index in [9.17, 15) is 0 Å². The van der Waals surface area contributed by atoms with Gasteiger partial charge in [0.05, 0.1) is 0 Å². The summed E-state index contributed by atoms with van der Waals surface area (Å²) in [6.45, 7) is 2.91. The molecule has 0 bridgehead atoms. The van der Waals surface area contributed by atoms with Crippen molar-refractivity contribution in [3.05, 3.63) is 5.38 Å². The minimum absolute atomic E-state index is 0.195. The van der Waals surface area contributed by atoms with Crippen LogP contribution in [0.4, 0.5) is 11.1 Å². The normalized spacial score (nSPS) is 11.8. The first-order chi connectivity index (χ1) is 10.2. The number of aromatic nitrogens is 4. The van der Waals surface area contributed by atoms with Crippen molar-refractivity contribution < 1.29 is 0 Å². The molecule has 2 aromatic heterocycles. The van der Waals surface area contributed by atoms with Crippen LogP contribution in [0.1, 0.15) is 32.6 Å². The van der Waals surface area contributed by atoms with Crippen LogP contribution in [0.25, 0.3) is 11.5 Å². The van der Waals surface area contributed by atoms with Crippen LogP contribution in [0, 0.1) is 0 Å². The number of rotatable bonds is 7. The summed E-state index contributed by atoms with van der Waals surface area (Å²) in [4.78, 5) is 12.6. The molecule has 2 rings (SSSR count). The number of hydrogen-bond donors (Lipinski definition) is 4. The highest BCUT2D eigenvalue weighted by molar-refractivity contribution is 7.14. The standard InChI is InChI=1S/C12H20N8S/c1-2-3-4-5-6-15-10(13)18-12-16-8(7-21-12)9-17-11(14)20-19-9/h7H,2-6H2,1H3,(H3,13,15,16,18)(H3,14,17,19,20). The fourth-order valence-corrected chi connectivity index (χ4v) is 2.42. The molecule has 0 saturated carbocycles. The number of nitrogens with zero attached hydrogens (tertiary/aromatic N) is 4. The summed E-state index contributed by atoms with van der Waals surface area (Å²) in [5.74, 6) is 1.11. The second-order valence-corrected chi connectivity index (χ2v) is 5.39. The second kappa shape index (κ2) is 7.58. The van der Waals surface area contributed by atoms with Crippen molar-refractivity contribution in [3.8, 4) is 11.5 Å². The lowest BCUT2D eigenvalue weighted by molar-refractivity contribution is 0.675. The Bertz CT molecular complexity index is 588. The number of aliphatic imine (C=N–C) groups is 1. The summed E-state index contributed by atoms with van der Waals surface area (Å²) >= 11 is 1.42. The number of H-pyrrole nitrogens is 1. The summed E-state index contributed by atoms with van der Waals surface area (Å²) in [6, 6.07) is 0. The molecule has 2 heterocycles. The van der Waals surface area contributed by atoms with E-state index in [2.05, 4.69) is 37.4 Å². The Morgan fingerprint density at radius 3 is 2.95 bits per heavy atom. The third kappa shape index (κ3) is 4.71. The smallest absolute Gasteiger partial charge is 0.239 e. The summed E-state index contributed by atoms with van der Waals surface area (Å²) in [5.41, 5.74) is 12.0. The van der Waals surface area contributed by atoms with Gasteiger partial charge in [-0.1, -0.05) is 26.2 Å². The lowest BCUT2D eigenvalue weighted by Crippen LogP contribution is -2.22. The molecule has 0 aliphatic rings. The van der Waals surface area contributed by atoms with Crippen LogP contribution in [0.5, 0.6) is 0 Å². The molecular weight excluding hydrogens is 288 g/mol. The van der Waals surface area contributed by atoms with Crippen LogP contribution >= 0.6 is 11.3 Å². The first-order valence-corrected chi connectivity index (χ1v) is 7.77. The molecule has 0 fully saturated rings. The number of anilines is 2. The Labute approximate surface area is 127 Å². The van der Waals surface area contributed by atoms with Crippen LogP contribution in [0.2, 0.25) is 0 Å². The van der Waals surface area contributed by atoms with Crippen LogP contribution in [-0.2, 0) is 0 Å². The molecule has 0 unspecified atom stereocenters. The van der Waals surface area contributed by atoms with Gasteiger partial charge in [-0.2, -0.15) is 4.98 Å². The van der Waals surface area contributed by atoms with Gasteiger partial charge in [-0.25, -0.2) is 4.98 Å². The number of thiazole rings is 1. The highest BCUT2D eigenvalue weighted by atomic mass is 32.1. The van der Waals surface area contributed by atoms with Crippen LogP contribution in [0.15, 0.2) is 10.4 Å². The number of guanidine groups is 1. The Kier molecular flexibility index (Phi) is 5.50. The molecular formula is C12H20N8S. The quantitative estimate of drug-likeness (QED) is 0.350. The molecule has 0 saturated heterocycles. The predicted molar refractivity (Wildman–Crippen MR) is 86.2 cm³/mol. The molecule has 0 spiro atoms. The van der Waals surface area contributed by atoms with E-state index in [1.165, 1.54) is 30.6 Å². The van der Waals surface area contributed by atoms with Crippen LogP contribution in [0.3, 0.4) is 0 Å². The molecule has 0 radical (unpaired) electrons. The van der Waals surface area contributed by atoms with Gasteiger partial charge in [0.15, 0.2) is 16.9 Å². The average Bonchev–Trinajstić information content (AvgIpc) is 3.07. The number of aromatic amines is 1. The Balaban J connectivity index is 1.85. The van der Waals surface area contributed by atoms with E-state index in [0.29, 0.717) is 22.6 Å². The summed E-state index contributed by atoms with van der Waals surface area (Å²) < 4.78 is 0. The number of unbranched alkanes of at least 4 members (excludes halogenated alkanes) is 3. The minimum atomic E-state index is 0.195. The topological polar surface area (TPSA) is 131 Å². The van der Waals surface area contributed by atoms with Gasteiger partial charge in [-0.05, 0) is 6.42 Å². The van der Waals surface area contributed by atoms with Gasteiger partial charge in [-0.3, -0.25) is 10.1 Å². The zero-order valence-corrected chi connectivity index (χ0v) is 12.8. The first kappa shape index (κ1) is 15.2. The third-order valence-corrected chi connectivity index (χ3v) is 3.54. The number of nitrogen functional groups attached to an aromatic ring is 1. The maximum Gasteiger partial charge on any atom is 0.239 e. The average molecular weight is 308 g/mol. The van der Waals surface area contributed by atoms with Crippen molar-refractivity contribution in [2.45, 2.75) is 32.6 Å². The van der Waals surface area contributed by atoms with E-state index >= 15 is 0 Å². The van der Waals surface area contributed by atoms with Crippen molar-refractivity contribution in [1.29, 1.82) is 0 Å².